The van der Waals surface area contributed by atoms with Crippen molar-refractivity contribution in [3.05, 3.63) is 109 Å². The van der Waals surface area contributed by atoms with Crippen molar-refractivity contribution in [2.24, 2.45) is 0 Å². The molecule has 0 unspecified atom stereocenters. The fourth-order valence-corrected chi connectivity index (χ4v) is 6.35. The summed E-state index contributed by atoms with van der Waals surface area (Å²) in [6, 6.07) is 25.6. The number of piperazine rings is 1. The molecule has 0 spiro atoms. The molecule has 1 aromatic heterocycles. The summed E-state index contributed by atoms with van der Waals surface area (Å²) < 4.78 is 28.1. The number of alkyl halides is 1. The lowest BCUT2D eigenvalue weighted by atomic mass is 10.2. The Kier molecular flexibility index (Phi) is 12.1. The van der Waals surface area contributed by atoms with E-state index in [0.717, 1.165) is 11.3 Å². The first-order chi connectivity index (χ1) is 21.3. The summed E-state index contributed by atoms with van der Waals surface area (Å²) in [6.07, 6.45) is 3.53. The van der Waals surface area contributed by atoms with Crippen molar-refractivity contribution in [3.8, 4) is 0 Å². The molecule has 2 heterocycles. The third-order valence-electron chi connectivity index (χ3n) is 6.91. The van der Waals surface area contributed by atoms with Crippen LogP contribution < -0.4 is 14.5 Å². The zero-order chi connectivity index (χ0) is 31.4. The Morgan fingerprint density at radius 1 is 0.932 bits per heavy atom. The lowest BCUT2D eigenvalue weighted by Gasteiger charge is -2.35. The van der Waals surface area contributed by atoms with E-state index in [1.54, 1.807) is 41.4 Å². The van der Waals surface area contributed by atoms with E-state index in [-0.39, 0.29) is 22.6 Å². The fraction of sp³-hybridized carbons (Fsp3) is 0.258. The maximum absolute atomic E-state index is 13.4. The molecule has 0 bridgehead atoms. The Bertz CT molecular complexity index is 1570. The highest BCUT2D eigenvalue weighted by molar-refractivity contribution is 7.96. The van der Waals surface area contributed by atoms with Crippen LogP contribution >= 0.6 is 24.2 Å². The number of halogens is 1. The number of hydrogen-bond acceptors (Lipinski definition) is 6. The minimum Gasteiger partial charge on any atom is -0.368 e. The summed E-state index contributed by atoms with van der Waals surface area (Å²) in [5.74, 6) is 0.375. The minimum atomic E-state index is -3.77. The van der Waals surface area contributed by atoms with Crippen molar-refractivity contribution in [1.29, 1.82) is 0 Å². The first-order valence-corrected chi connectivity index (χ1v) is 16.4. The van der Waals surface area contributed by atoms with Crippen molar-refractivity contribution >= 4 is 56.8 Å². The van der Waals surface area contributed by atoms with Crippen molar-refractivity contribution in [2.45, 2.75) is 24.4 Å². The van der Waals surface area contributed by atoms with Crippen LogP contribution in [0.2, 0.25) is 0 Å². The van der Waals surface area contributed by atoms with Crippen LogP contribution in [0.15, 0.2) is 102 Å². The molecule has 10 nitrogen and oxygen atoms in total. The third kappa shape index (κ3) is 9.25. The van der Waals surface area contributed by atoms with Gasteiger partial charge in [0.2, 0.25) is 5.91 Å². The number of carbonyl (C=O) groups excluding carboxylic acids is 2. The normalized spacial score (nSPS) is 13.0. The first-order valence-electron chi connectivity index (χ1n) is 14.0. The summed E-state index contributed by atoms with van der Waals surface area (Å²) in [7, 11) is -3.77. The maximum Gasteiger partial charge on any atom is 0.278 e. The maximum atomic E-state index is 13.4. The Morgan fingerprint density at radius 2 is 1.57 bits per heavy atom. The average molecular weight is 655 g/mol. The second kappa shape index (κ2) is 16.2. The molecule has 232 valence electrons. The number of aromatic amines is 1. The quantitative estimate of drug-likeness (QED) is 0.165. The van der Waals surface area contributed by atoms with Crippen LogP contribution in [0.5, 0.6) is 0 Å². The molecule has 0 saturated carbocycles. The second-order valence-corrected chi connectivity index (χ2v) is 12.5. The SMILES string of the molecule is O=C(CCCl)NCc1ccccc1.O=C(S)N1CCN(c2ccc(N(Cc3cnc[nH]3)S(=O)(=O)c3ccccc3)cc2)CC1. The third-order valence-corrected chi connectivity index (χ3v) is 9.17. The van der Waals surface area contributed by atoms with Gasteiger partial charge in [-0.2, -0.15) is 0 Å². The van der Waals surface area contributed by atoms with Crippen LogP contribution in [-0.4, -0.2) is 66.5 Å². The summed E-state index contributed by atoms with van der Waals surface area (Å²) in [6.45, 7) is 3.34. The Balaban J connectivity index is 0.000000285. The number of anilines is 2. The van der Waals surface area contributed by atoms with Gasteiger partial charge in [-0.05, 0) is 42.0 Å². The average Bonchev–Trinajstić information content (AvgIpc) is 3.58. The summed E-state index contributed by atoms with van der Waals surface area (Å²) >= 11 is 9.30. The zero-order valence-electron chi connectivity index (χ0n) is 24.0. The highest BCUT2D eigenvalue weighted by Gasteiger charge is 2.26. The number of hydrogen-bond donors (Lipinski definition) is 3. The molecule has 1 saturated heterocycles. The number of nitrogens with zero attached hydrogens (tertiary/aromatic N) is 4. The number of thiol groups is 1. The van der Waals surface area contributed by atoms with Gasteiger partial charge in [-0.3, -0.25) is 13.9 Å². The Hall–Kier alpha value is -4.00. The fourth-order valence-electron chi connectivity index (χ4n) is 4.52. The summed E-state index contributed by atoms with van der Waals surface area (Å²) in [5, 5.41) is 2.56. The lowest BCUT2D eigenvalue weighted by molar-refractivity contribution is -0.120. The predicted molar refractivity (Wildman–Crippen MR) is 177 cm³/mol. The molecule has 44 heavy (non-hydrogen) atoms. The lowest BCUT2D eigenvalue weighted by Crippen LogP contribution is -2.47. The van der Waals surface area contributed by atoms with E-state index >= 15 is 0 Å². The van der Waals surface area contributed by atoms with E-state index in [1.165, 1.54) is 10.6 Å². The van der Waals surface area contributed by atoms with Crippen LogP contribution in [0.1, 0.15) is 17.7 Å². The molecule has 1 fully saturated rings. The molecule has 0 aliphatic carbocycles. The van der Waals surface area contributed by atoms with Gasteiger partial charge in [0.25, 0.3) is 15.3 Å². The second-order valence-electron chi connectivity index (χ2n) is 9.88. The topological polar surface area (TPSA) is 119 Å². The van der Waals surface area contributed by atoms with Gasteiger partial charge in [0.1, 0.15) is 0 Å². The number of sulfonamides is 1. The van der Waals surface area contributed by atoms with Gasteiger partial charge in [-0.25, -0.2) is 13.4 Å². The van der Waals surface area contributed by atoms with Gasteiger partial charge in [0.05, 0.1) is 29.1 Å². The number of nitrogens with one attached hydrogen (secondary N) is 2. The molecule has 0 atom stereocenters. The minimum absolute atomic E-state index is 0.00106. The van der Waals surface area contributed by atoms with Crippen molar-refractivity contribution in [2.75, 3.05) is 41.3 Å². The van der Waals surface area contributed by atoms with Gasteiger partial charge >= 0.3 is 0 Å². The molecular formula is C31H35ClN6O4S2. The largest absolute Gasteiger partial charge is 0.368 e. The highest BCUT2D eigenvalue weighted by Crippen LogP contribution is 2.28. The molecular weight excluding hydrogens is 620 g/mol. The summed E-state index contributed by atoms with van der Waals surface area (Å²) in [5.41, 5.74) is 3.33. The molecule has 2 N–H and O–H groups in total. The van der Waals surface area contributed by atoms with Crippen LogP contribution in [0.3, 0.4) is 0 Å². The van der Waals surface area contributed by atoms with E-state index in [0.29, 0.717) is 56.4 Å². The number of benzene rings is 3. The number of H-pyrrole nitrogens is 1. The highest BCUT2D eigenvalue weighted by atomic mass is 35.5. The van der Waals surface area contributed by atoms with Gasteiger partial charge in [-0.15, -0.1) is 11.6 Å². The standard InChI is InChI=1S/C21H23N5O3S2.C10H12ClNO/c27-21(30)25-12-10-24(11-13-25)18-6-8-19(9-7-18)26(15-17-14-22-16-23-17)31(28,29)20-4-2-1-3-5-20;11-7-6-10(13)12-8-9-4-2-1-3-5-9/h1-9,14,16H,10-13,15H2,(H,22,23)(H,27,30);1-5H,6-8H2,(H,12,13). The van der Waals surface area contributed by atoms with Gasteiger partial charge in [-0.1, -0.05) is 61.2 Å². The molecule has 3 aromatic carbocycles. The van der Waals surface area contributed by atoms with Crippen molar-refractivity contribution in [1.82, 2.24) is 20.2 Å². The van der Waals surface area contributed by atoms with Crippen molar-refractivity contribution < 1.29 is 18.0 Å². The van der Waals surface area contributed by atoms with Gasteiger partial charge in [0, 0.05) is 56.9 Å². The first kappa shape index (κ1) is 32.9. The van der Waals surface area contributed by atoms with Crippen LogP contribution in [-0.2, 0) is 27.9 Å². The summed E-state index contributed by atoms with van der Waals surface area (Å²) in [4.78, 5) is 33.5. The van der Waals surface area contributed by atoms with Gasteiger partial charge < -0.3 is 20.1 Å². The smallest absolute Gasteiger partial charge is 0.278 e. The number of imidazole rings is 1. The van der Waals surface area contributed by atoms with Crippen LogP contribution in [0.25, 0.3) is 0 Å². The van der Waals surface area contributed by atoms with E-state index < -0.39 is 10.0 Å². The van der Waals surface area contributed by atoms with Crippen molar-refractivity contribution in [3.63, 3.8) is 0 Å². The van der Waals surface area contributed by atoms with E-state index in [2.05, 4.69) is 32.8 Å². The Labute approximate surface area is 268 Å². The molecule has 1 aliphatic rings. The number of amides is 2. The molecule has 4 aromatic rings. The molecule has 1 aliphatic heterocycles. The molecule has 13 heteroatoms. The number of rotatable bonds is 10. The zero-order valence-corrected chi connectivity index (χ0v) is 26.5. The van der Waals surface area contributed by atoms with E-state index in [4.69, 9.17) is 11.6 Å². The monoisotopic (exact) mass is 654 g/mol. The van der Waals surface area contributed by atoms with Crippen LogP contribution in [0, 0.1) is 0 Å². The van der Waals surface area contributed by atoms with Crippen LogP contribution in [0.4, 0.5) is 16.2 Å². The molecule has 0 radical (unpaired) electrons. The number of carbonyl (C=O) groups is 2. The van der Waals surface area contributed by atoms with E-state index in [9.17, 15) is 18.0 Å². The van der Waals surface area contributed by atoms with Gasteiger partial charge in [0.15, 0.2) is 0 Å². The predicted octanol–water partition coefficient (Wildman–Crippen LogP) is 4.91. The Morgan fingerprint density at radius 3 is 2.14 bits per heavy atom. The number of aromatic nitrogens is 2. The molecule has 5 rings (SSSR count). The molecule has 2 amide bonds. The van der Waals surface area contributed by atoms with E-state index in [1.807, 2.05) is 54.6 Å².